The van der Waals surface area contributed by atoms with Crippen molar-refractivity contribution in [2.75, 3.05) is 5.32 Å². The third-order valence-electron chi connectivity index (χ3n) is 3.22. The van der Waals surface area contributed by atoms with Crippen LogP contribution < -0.4 is 10.9 Å². The van der Waals surface area contributed by atoms with Gasteiger partial charge in [0.1, 0.15) is 11.1 Å². The number of hydrogen-bond donors (Lipinski definition) is 1. The fourth-order valence-corrected chi connectivity index (χ4v) is 2.44. The Morgan fingerprint density at radius 2 is 1.79 bits per heavy atom. The SMILES string of the molecule is O=C(Nc1ccc(F)c(F)c1F)c1cc2cc(Br)ccc2oc1=O. The lowest BCUT2D eigenvalue weighted by atomic mass is 10.1. The molecule has 0 bridgehead atoms. The Morgan fingerprint density at radius 3 is 2.54 bits per heavy atom. The van der Waals surface area contributed by atoms with Gasteiger partial charge in [-0.15, -0.1) is 0 Å². The van der Waals surface area contributed by atoms with Gasteiger partial charge in [-0.3, -0.25) is 4.79 Å². The summed E-state index contributed by atoms with van der Waals surface area (Å²) in [7, 11) is 0. The molecule has 2 aromatic carbocycles. The van der Waals surface area contributed by atoms with E-state index in [1.807, 2.05) is 5.32 Å². The second-order valence-electron chi connectivity index (χ2n) is 4.81. The summed E-state index contributed by atoms with van der Waals surface area (Å²) in [4.78, 5) is 24.0. The minimum absolute atomic E-state index is 0.263. The molecule has 1 N–H and O–H groups in total. The maximum absolute atomic E-state index is 13.6. The van der Waals surface area contributed by atoms with E-state index in [0.29, 0.717) is 15.9 Å². The highest BCUT2D eigenvalue weighted by Crippen LogP contribution is 2.22. The smallest absolute Gasteiger partial charge is 0.349 e. The molecule has 1 amide bonds. The molecule has 122 valence electrons. The van der Waals surface area contributed by atoms with E-state index >= 15 is 0 Å². The number of fused-ring (bicyclic) bond motifs is 1. The van der Waals surface area contributed by atoms with Gasteiger partial charge in [-0.25, -0.2) is 18.0 Å². The summed E-state index contributed by atoms with van der Waals surface area (Å²) < 4.78 is 45.4. The van der Waals surface area contributed by atoms with Gasteiger partial charge in [0.15, 0.2) is 17.5 Å². The summed E-state index contributed by atoms with van der Waals surface area (Å²) in [6, 6.07) is 7.59. The Hall–Kier alpha value is -2.61. The average Bonchev–Trinajstić information content (AvgIpc) is 2.55. The van der Waals surface area contributed by atoms with Crippen LogP contribution in [0.3, 0.4) is 0 Å². The molecule has 3 aromatic rings. The van der Waals surface area contributed by atoms with E-state index in [4.69, 9.17) is 4.42 Å². The van der Waals surface area contributed by atoms with Crippen LogP contribution >= 0.6 is 15.9 Å². The van der Waals surface area contributed by atoms with Crippen LogP contribution in [0.25, 0.3) is 11.0 Å². The molecule has 0 aliphatic rings. The van der Waals surface area contributed by atoms with Gasteiger partial charge in [0.2, 0.25) is 0 Å². The molecule has 0 unspecified atom stereocenters. The fourth-order valence-electron chi connectivity index (χ4n) is 2.06. The number of halogens is 4. The highest BCUT2D eigenvalue weighted by atomic mass is 79.9. The molecule has 1 heterocycles. The van der Waals surface area contributed by atoms with Crippen molar-refractivity contribution in [3.05, 3.63) is 74.3 Å². The van der Waals surface area contributed by atoms with Crippen molar-refractivity contribution in [1.82, 2.24) is 0 Å². The minimum atomic E-state index is -1.72. The summed E-state index contributed by atoms with van der Waals surface area (Å²) >= 11 is 3.24. The average molecular weight is 398 g/mol. The number of carbonyl (C=O) groups excluding carboxylic acids is 1. The van der Waals surface area contributed by atoms with E-state index in [1.165, 1.54) is 12.1 Å². The van der Waals surface area contributed by atoms with Crippen molar-refractivity contribution in [2.45, 2.75) is 0 Å². The molecule has 0 atom stereocenters. The molecule has 24 heavy (non-hydrogen) atoms. The van der Waals surface area contributed by atoms with Crippen LogP contribution in [-0.4, -0.2) is 5.91 Å². The van der Waals surface area contributed by atoms with E-state index < -0.39 is 40.2 Å². The molecular formula is C16H7BrF3NO3. The monoisotopic (exact) mass is 397 g/mol. The van der Waals surface area contributed by atoms with E-state index in [0.717, 1.165) is 6.07 Å². The van der Waals surface area contributed by atoms with E-state index in [9.17, 15) is 22.8 Å². The molecule has 0 fully saturated rings. The van der Waals surface area contributed by atoms with Crippen LogP contribution in [0, 0.1) is 17.5 Å². The Bertz CT molecular complexity index is 1030. The standard InChI is InChI=1S/C16H7BrF3NO3/c17-8-1-4-12-7(5-8)6-9(16(23)24-12)15(22)21-11-3-2-10(18)13(19)14(11)20/h1-6H,(H,21,22). The van der Waals surface area contributed by atoms with Gasteiger partial charge in [0, 0.05) is 9.86 Å². The van der Waals surface area contributed by atoms with E-state index in [1.54, 1.807) is 12.1 Å². The molecule has 4 nitrogen and oxygen atoms in total. The van der Waals surface area contributed by atoms with E-state index in [2.05, 4.69) is 15.9 Å². The molecule has 0 saturated carbocycles. The van der Waals surface area contributed by atoms with Gasteiger partial charge < -0.3 is 9.73 Å². The molecule has 0 aliphatic carbocycles. The Morgan fingerprint density at radius 1 is 1.04 bits per heavy atom. The van der Waals surface area contributed by atoms with Crippen LogP contribution in [0.15, 0.2) is 50.1 Å². The number of amides is 1. The van der Waals surface area contributed by atoms with Crippen LogP contribution in [0.4, 0.5) is 18.9 Å². The normalized spacial score (nSPS) is 10.8. The molecule has 8 heteroatoms. The van der Waals surface area contributed by atoms with Gasteiger partial charge in [0.25, 0.3) is 5.91 Å². The first-order valence-corrected chi connectivity index (χ1v) is 7.34. The van der Waals surface area contributed by atoms with Crippen molar-refractivity contribution in [2.24, 2.45) is 0 Å². The first-order valence-electron chi connectivity index (χ1n) is 6.55. The molecule has 3 rings (SSSR count). The van der Waals surface area contributed by atoms with Gasteiger partial charge >= 0.3 is 5.63 Å². The molecule has 0 radical (unpaired) electrons. The first-order chi connectivity index (χ1) is 11.4. The third kappa shape index (κ3) is 2.92. The highest BCUT2D eigenvalue weighted by molar-refractivity contribution is 9.10. The number of carbonyl (C=O) groups is 1. The molecular weight excluding hydrogens is 391 g/mol. The molecule has 1 aromatic heterocycles. The number of hydrogen-bond acceptors (Lipinski definition) is 3. The second-order valence-corrected chi connectivity index (χ2v) is 5.72. The first kappa shape index (κ1) is 16.3. The van der Waals surface area contributed by atoms with Crippen molar-refractivity contribution in [1.29, 1.82) is 0 Å². The molecule has 0 aliphatic heterocycles. The number of anilines is 1. The van der Waals surface area contributed by atoms with Crippen LogP contribution in [0.5, 0.6) is 0 Å². The highest BCUT2D eigenvalue weighted by Gasteiger charge is 2.19. The zero-order valence-corrected chi connectivity index (χ0v) is 13.3. The lowest BCUT2D eigenvalue weighted by Crippen LogP contribution is -2.21. The van der Waals surface area contributed by atoms with Gasteiger partial charge in [-0.1, -0.05) is 15.9 Å². The Kier molecular flexibility index (Phi) is 4.15. The maximum atomic E-state index is 13.6. The van der Waals surface area contributed by atoms with Gasteiger partial charge in [0.05, 0.1) is 5.69 Å². The van der Waals surface area contributed by atoms with Gasteiger partial charge in [-0.2, -0.15) is 0 Å². The van der Waals surface area contributed by atoms with Crippen molar-refractivity contribution in [3.63, 3.8) is 0 Å². The van der Waals surface area contributed by atoms with Gasteiger partial charge in [-0.05, 0) is 36.4 Å². The summed E-state index contributed by atoms with van der Waals surface area (Å²) in [6.45, 7) is 0. The van der Waals surface area contributed by atoms with Crippen LogP contribution in [0.2, 0.25) is 0 Å². The molecule has 0 spiro atoms. The summed E-state index contributed by atoms with van der Waals surface area (Å²) in [5.41, 5.74) is -1.67. The fraction of sp³-hybridized carbons (Fsp3) is 0. The predicted molar refractivity (Wildman–Crippen MR) is 84.5 cm³/mol. The molecule has 0 saturated heterocycles. The summed E-state index contributed by atoms with van der Waals surface area (Å²) in [5, 5.41) is 2.48. The van der Waals surface area contributed by atoms with Crippen molar-refractivity contribution in [3.8, 4) is 0 Å². The lowest BCUT2D eigenvalue weighted by Gasteiger charge is -2.07. The minimum Gasteiger partial charge on any atom is -0.422 e. The largest absolute Gasteiger partial charge is 0.422 e. The predicted octanol–water partition coefficient (Wildman–Crippen LogP) is 4.23. The Labute approximate surface area is 141 Å². The third-order valence-corrected chi connectivity index (χ3v) is 3.72. The van der Waals surface area contributed by atoms with Crippen LogP contribution in [0.1, 0.15) is 10.4 Å². The summed E-state index contributed by atoms with van der Waals surface area (Å²) in [6.07, 6.45) is 0. The second kappa shape index (κ2) is 6.12. The van der Waals surface area contributed by atoms with Crippen LogP contribution in [-0.2, 0) is 0 Å². The number of benzene rings is 2. The lowest BCUT2D eigenvalue weighted by molar-refractivity contribution is 0.102. The zero-order chi connectivity index (χ0) is 17.4. The van der Waals surface area contributed by atoms with Crippen molar-refractivity contribution < 1.29 is 22.4 Å². The topological polar surface area (TPSA) is 59.3 Å². The van der Waals surface area contributed by atoms with Crippen molar-refractivity contribution >= 4 is 38.5 Å². The quantitative estimate of drug-likeness (QED) is 0.520. The zero-order valence-electron chi connectivity index (χ0n) is 11.7. The maximum Gasteiger partial charge on any atom is 0.349 e. The summed E-state index contributed by atoms with van der Waals surface area (Å²) in [5.74, 6) is -5.67. The number of rotatable bonds is 2. The Balaban J connectivity index is 2.01. The number of nitrogens with one attached hydrogen (secondary N) is 1. The van der Waals surface area contributed by atoms with E-state index in [-0.39, 0.29) is 5.58 Å².